The van der Waals surface area contributed by atoms with E-state index in [1.54, 1.807) is 12.1 Å². The third-order valence-electron chi connectivity index (χ3n) is 2.78. The lowest BCUT2D eigenvalue weighted by molar-refractivity contribution is -0.119. The molecular weight excluding hydrogens is 236 g/mol. The van der Waals surface area contributed by atoms with Crippen LogP contribution in [0.1, 0.15) is 5.56 Å². The number of imide groups is 1. The molecule has 1 aromatic rings. The van der Waals surface area contributed by atoms with Crippen LogP contribution in [0.2, 0.25) is 0 Å². The first-order valence-electron chi connectivity index (χ1n) is 5.48. The Morgan fingerprint density at radius 1 is 1.44 bits per heavy atom. The van der Waals surface area contributed by atoms with E-state index in [2.05, 4.69) is 5.32 Å². The summed E-state index contributed by atoms with van der Waals surface area (Å²) in [6, 6.07) is 3.77. The van der Waals surface area contributed by atoms with Gasteiger partial charge in [0.25, 0.3) is 5.91 Å². The fourth-order valence-electron chi connectivity index (χ4n) is 1.86. The number of methoxy groups -OCH3 is 1. The van der Waals surface area contributed by atoms with Crippen molar-refractivity contribution in [2.24, 2.45) is 0 Å². The second kappa shape index (κ2) is 4.66. The van der Waals surface area contributed by atoms with E-state index in [1.807, 2.05) is 13.0 Å². The first-order chi connectivity index (χ1) is 8.58. The van der Waals surface area contributed by atoms with Crippen LogP contribution in [0.5, 0.6) is 5.75 Å². The minimum Gasteiger partial charge on any atom is -0.495 e. The maximum Gasteiger partial charge on any atom is 0.329 e. The van der Waals surface area contributed by atoms with Crippen molar-refractivity contribution in [2.75, 3.05) is 18.6 Å². The summed E-state index contributed by atoms with van der Waals surface area (Å²) in [4.78, 5) is 24.7. The van der Waals surface area contributed by atoms with Gasteiger partial charge in [0.15, 0.2) is 0 Å². The lowest BCUT2D eigenvalue weighted by Crippen LogP contribution is -2.33. The number of aliphatic hydroxyl groups is 1. The molecule has 2 rings (SSSR count). The number of benzene rings is 1. The van der Waals surface area contributed by atoms with Crippen LogP contribution in [0.15, 0.2) is 18.2 Å². The monoisotopic (exact) mass is 250 g/mol. The second-order valence-corrected chi connectivity index (χ2v) is 4.03. The van der Waals surface area contributed by atoms with Crippen molar-refractivity contribution >= 4 is 17.6 Å². The molecule has 3 amide bonds. The number of hydrogen-bond donors (Lipinski definition) is 2. The lowest BCUT2D eigenvalue weighted by atomic mass is 10.2. The summed E-state index contributed by atoms with van der Waals surface area (Å²) in [6.07, 6.45) is 0. The standard InChI is InChI=1S/C12H14N2O4/c1-7-3-4-10(18-2)9(5-7)14-11(16)8(6-15)13-12(14)17/h3-5,8,15H,6H2,1-2H3,(H,13,17). The maximum absolute atomic E-state index is 12.0. The van der Waals surface area contributed by atoms with E-state index < -0.39 is 24.6 Å². The first-order valence-corrected chi connectivity index (χ1v) is 5.48. The molecule has 0 aliphatic carbocycles. The molecule has 1 saturated heterocycles. The Kier molecular flexibility index (Phi) is 3.20. The predicted octanol–water partition coefficient (Wildman–Crippen LogP) is 0.421. The fourth-order valence-corrected chi connectivity index (χ4v) is 1.86. The third-order valence-corrected chi connectivity index (χ3v) is 2.78. The van der Waals surface area contributed by atoms with E-state index in [-0.39, 0.29) is 0 Å². The van der Waals surface area contributed by atoms with Gasteiger partial charge < -0.3 is 15.2 Å². The number of urea groups is 1. The quantitative estimate of drug-likeness (QED) is 0.762. The smallest absolute Gasteiger partial charge is 0.329 e. The normalized spacial score (nSPS) is 19.1. The molecule has 0 saturated carbocycles. The van der Waals surface area contributed by atoms with Crippen LogP contribution < -0.4 is 15.0 Å². The summed E-state index contributed by atoms with van der Waals surface area (Å²) < 4.78 is 5.14. The number of carbonyl (C=O) groups excluding carboxylic acids is 2. The van der Waals surface area contributed by atoms with Crippen LogP contribution in [0, 0.1) is 6.92 Å². The minimum atomic E-state index is -0.886. The number of aryl methyl sites for hydroxylation is 1. The largest absolute Gasteiger partial charge is 0.495 e. The highest BCUT2D eigenvalue weighted by Crippen LogP contribution is 2.31. The fraction of sp³-hybridized carbons (Fsp3) is 0.333. The molecule has 6 heteroatoms. The van der Waals surface area contributed by atoms with Crippen molar-refractivity contribution in [1.29, 1.82) is 0 Å². The number of anilines is 1. The second-order valence-electron chi connectivity index (χ2n) is 4.03. The first kappa shape index (κ1) is 12.4. The van der Waals surface area contributed by atoms with E-state index in [9.17, 15) is 9.59 Å². The van der Waals surface area contributed by atoms with Gasteiger partial charge in [-0.2, -0.15) is 0 Å². The van der Waals surface area contributed by atoms with Gasteiger partial charge >= 0.3 is 6.03 Å². The van der Waals surface area contributed by atoms with Crippen LogP contribution in [-0.2, 0) is 4.79 Å². The third kappa shape index (κ3) is 1.91. The zero-order valence-corrected chi connectivity index (χ0v) is 10.1. The van der Waals surface area contributed by atoms with E-state index in [1.165, 1.54) is 7.11 Å². The van der Waals surface area contributed by atoms with Crippen molar-refractivity contribution in [1.82, 2.24) is 5.32 Å². The molecule has 1 heterocycles. The van der Waals surface area contributed by atoms with Crippen LogP contribution >= 0.6 is 0 Å². The minimum absolute atomic E-state index is 0.385. The molecule has 2 N–H and O–H groups in total. The zero-order valence-electron chi connectivity index (χ0n) is 10.1. The number of rotatable bonds is 3. The van der Waals surface area contributed by atoms with Gasteiger partial charge in [0, 0.05) is 0 Å². The molecule has 0 aromatic heterocycles. The van der Waals surface area contributed by atoms with Gasteiger partial charge in [0.1, 0.15) is 11.8 Å². The topological polar surface area (TPSA) is 78.9 Å². The van der Waals surface area contributed by atoms with E-state index in [0.29, 0.717) is 11.4 Å². The molecule has 0 radical (unpaired) electrons. The van der Waals surface area contributed by atoms with Gasteiger partial charge in [-0.1, -0.05) is 6.07 Å². The Hall–Kier alpha value is -2.08. The van der Waals surface area contributed by atoms with Gasteiger partial charge in [0.05, 0.1) is 19.4 Å². The number of hydrogen-bond acceptors (Lipinski definition) is 4. The van der Waals surface area contributed by atoms with Crippen molar-refractivity contribution in [3.05, 3.63) is 23.8 Å². The molecule has 0 bridgehead atoms. The van der Waals surface area contributed by atoms with Crippen molar-refractivity contribution in [3.63, 3.8) is 0 Å². The number of aliphatic hydroxyl groups excluding tert-OH is 1. The molecular formula is C12H14N2O4. The number of carbonyl (C=O) groups is 2. The Labute approximate surface area is 104 Å². The molecule has 0 spiro atoms. The van der Waals surface area contributed by atoms with Gasteiger partial charge in [-0.3, -0.25) is 4.79 Å². The average Bonchev–Trinajstić information content (AvgIpc) is 2.64. The van der Waals surface area contributed by atoms with Gasteiger partial charge in [0.2, 0.25) is 0 Å². The van der Waals surface area contributed by atoms with Crippen molar-refractivity contribution < 1.29 is 19.4 Å². The Balaban J connectivity index is 2.45. The molecule has 1 unspecified atom stereocenters. The highest BCUT2D eigenvalue weighted by molar-refractivity contribution is 6.22. The summed E-state index contributed by atoms with van der Waals surface area (Å²) in [6.45, 7) is 1.43. The Bertz CT molecular complexity index is 501. The maximum atomic E-state index is 12.0. The van der Waals surface area contributed by atoms with Crippen LogP contribution in [0.3, 0.4) is 0 Å². The molecule has 1 aromatic carbocycles. The highest BCUT2D eigenvalue weighted by Gasteiger charge is 2.39. The van der Waals surface area contributed by atoms with Crippen LogP contribution in [0.4, 0.5) is 10.5 Å². The molecule has 96 valence electrons. The Morgan fingerprint density at radius 2 is 2.17 bits per heavy atom. The van der Waals surface area contributed by atoms with Gasteiger partial charge in [-0.05, 0) is 24.6 Å². The SMILES string of the molecule is COc1ccc(C)cc1N1C(=O)NC(CO)C1=O. The van der Waals surface area contributed by atoms with E-state index in [4.69, 9.17) is 9.84 Å². The van der Waals surface area contributed by atoms with E-state index in [0.717, 1.165) is 10.5 Å². The highest BCUT2D eigenvalue weighted by atomic mass is 16.5. The molecule has 6 nitrogen and oxygen atoms in total. The van der Waals surface area contributed by atoms with E-state index >= 15 is 0 Å². The van der Waals surface area contributed by atoms with Crippen molar-refractivity contribution in [3.8, 4) is 5.75 Å². The summed E-state index contributed by atoms with van der Waals surface area (Å²) in [5.41, 5.74) is 1.29. The van der Waals surface area contributed by atoms with Crippen molar-refractivity contribution in [2.45, 2.75) is 13.0 Å². The number of nitrogens with zero attached hydrogens (tertiary/aromatic N) is 1. The lowest BCUT2D eigenvalue weighted by Gasteiger charge is -2.17. The Morgan fingerprint density at radius 3 is 2.72 bits per heavy atom. The summed E-state index contributed by atoms with van der Waals surface area (Å²) in [7, 11) is 1.47. The van der Waals surface area contributed by atoms with Gasteiger partial charge in [-0.15, -0.1) is 0 Å². The summed E-state index contributed by atoms with van der Waals surface area (Å²) in [5.74, 6) is -0.0471. The molecule has 1 aliphatic rings. The van der Waals surface area contributed by atoms with Crippen LogP contribution in [0.25, 0.3) is 0 Å². The molecule has 1 fully saturated rings. The predicted molar refractivity (Wildman–Crippen MR) is 64.6 cm³/mol. The van der Waals surface area contributed by atoms with Crippen LogP contribution in [-0.4, -0.2) is 36.8 Å². The molecule has 1 atom stereocenters. The summed E-state index contributed by atoms with van der Waals surface area (Å²) in [5, 5.41) is 11.4. The number of ether oxygens (including phenoxy) is 1. The van der Waals surface area contributed by atoms with Gasteiger partial charge in [-0.25, -0.2) is 9.69 Å². The summed E-state index contributed by atoms with van der Waals surface area (Å²) >= 11 is 0. The molecule has 1 aliphatic heterocycles. The molecule has 18 heavy (non-hydrogen) atoms. The number of amides is 3. The average molecular weight is 250 g/mol. The zero-order chi connectivity index (χ0) is 13.3. The number of nitrogens with one attached hydrogen (secondary N) is 1.